The zero-order valence-corrected chi connectivity index (χ0v) is 19.8. The highest BCUT2D eigenvalue weighted by Gasteiger charge is 2.24. The second kappa shape index (κ2) is 9.67. The average molecular weight is 455 g/mol. The molecule has 1 amide bonds. The van der Waals surface area contributed by atoms with Crippen molar-refractivity contribution in [3.63, 3.8) is 0 Å². The van der Waals surface area contributed by atoms with E-state index in [2.05, 4.69) is 35.3 Å². The van der Waals surface area contributed by atoms with Gasteiger partial charge in [0.25, 0.3) is 0 Å². The Kier molecular flexibility index (Phi) is 6.30. The molecule has 2 aromatic heterocycles. The number of ether oxygens (including phenoxy) is 1. The molecule has 34 heavy (non-hydrogen) atoms. The normalized spacial score (nSPS) is 14.5. The SMILES string of the molecule is COc1ccc(-c2ccnc3c2c(C)nn3CC(=O)N2CCC(Cc3ccccc3)CC2)cc1. The summed E-state index contributed by atoms with van der Waals surface area (Å²) in [5, 5.41) is 5.69. The van der Waals surface area contributed by atoms with Gasteiger partial charge < -0.3 is 9.64 Å². The molecule has 0 saturated carbocycles. The first-order valence-electron chi connectivity index (χ1n) is 11.9. The molecule has 174 valence electrons. The number of pyridine rings is 1. The zero-order chi connectivity index (χ0) is 23.5. The quantitative estimate of drug-likeness (QED) is 0.416. The van der Waals surface area contributed by atoms with Gasteiger partial charge in [-0.1, -0.05) is 42.5 Å². The van der Waals surface area contributed by atoms with Crippen LogP contribution in [0.15, 0.2) is 66.9 Å². The van der Waals surface area contributed by atoms with E-state index in [1.165, 1.54) is 5.56 Å². The number of rotatable bonds is 6. The van der Waals surface area contributed by atoms with E-state index in [-0.39, 0.29) is 12.5 Å². The number of aromatic nitrogens is 3. The number of nitrogens with zero attached hydrogens (tertiary/aromatic N) is 4. The molecule has 1 fully saturated rings. The molecule has 0 aliphatic carbocycles. The van der Waals surface area contributed by atoms with Crippen molar-refractivity contribution in [2.24, 2.45) is 5.92 Å². The van der Waals surface area contributed by atoms with E-state index >= 15 is 0 Å². The smallest absolute Gasteiger partial charge is 0.244 e. The largest absolute Gasteiger partial charge is 0.497 e. The second-order valence-corrected chi connectivity index (χ2v) is 9.04. The van der Waals surface area contributed by atoms with Crippen molar-refractivity contribution in [1.29, 1.82) is 0 Å². The Bertz CT molecular complexity index is 1270. The van der Waals surface area contributed by atoms with Gasteiger partial charge in [0.2, 0.25) is 5.91 Å². The summed E-state index contributed by atoms with van der Waals surface area (Å²) >= 11 is 0. The van der Waals surface area contributed by atoms with Crippen molar-refractivity contribution in [2.75, 3.05) is 20.2 Å². The summed E-state index contributed by atoms with van der Waals surface area (Å²) in [5.41, 5.74) is 5.14. The number of fused-ring (bicyclic) bond motifs is 1. The molecule has 5 rings (SSSR count). The van der Waals surface area contributed by atoms with Crippen LogP contribution in [0, 0.1) is 12.8 Å². The molecular formula is C28H30N4O2. The van der Waals surface area contributed by atoms with Crippen molar-refractivity contribution < 1.29 is 9.53 Å². The maximum Gasteiger partial charge on any atom is 0.244 e. The van der Waals surface area contributed by atoms with Crippen LogP contribution < -0.4 is 4.74 Å². The Hall–Kier alpha value is -3.67. The van der Waals surface area contributed by atoms with Crippen LogP contribution in [-0.4, -0.2) is 45.8 Å². The lowest BCUT2D eigenvalue weighted by atomic mass is 9.90. The molecule has 0 N–H and O–H groups in total. The van der Waals surface area contributed by atoms with Crippen molar-refractivity contribution >= 4 is 16.9 Å². The molecule has 2 aromatic carbocycles. The lowest BCUT2D eigenvalue weighted by molar-refractivity contribution is -0.133. The summed E-state index contributed by atoms with van der Waals surface area (Å²) < 4.78 is 7.05. The van der Waals surface area contributed by atoms with Gasteiger partial charge in [0.1, 0.15) is 12.3 Å². The molecule has 3 heterocycles. The first-order valence-corrected chi connectivity index (χ1v) is 11.9. The number of methoxy groups -OCH3 is 1. The van der Waals surface area contributed by atoms with Gasteiger partial charge in [-0.3, -0.25) is 4.79 Å². The minimum atomic E-state index is 0.110. The third-order valence-corrected chi connectivity index (χ3v) is 6.83. The third kappa shape index (κ3) is 4.53. The maximum absolute atomic E-state index is 13.1. The number of carbonyl (C=O) groups is 1. The minimum absolute atomic E-state index is 0.110. The second-order valence-electron chi connectivity index (χ2n) is 9.04. The van der Waals surface area contributed by atoms with Gasteiger partial charge in [-0.25, -0.2) is 9.67 Å². The molecule has 0 bridgehead atoms. The number of benzene rings is 2. The summed E-state index contributed by atoms with van der Waals surface area (Å²) in [4.78, 5) is 19.7. The van der Waals surface area contributed by atoms with Crippen molar-refractivity contribution in [3.8, 4) is 16.9 Å². The van der Waals surface area contributed by atoms with Gasteiger partial charge in [0.05, 0.1) is 12.8 Å². The van der Waals surface area contributed by atoms with Gasteiger partial charge in [-0.2, -0.15) is 5.10 Å². The van der Waals surface area contributed by atoms with E-state index in [1.807, 2.05) is 42.2 Å². The number of carbonyl (C=O) groups excluding carboxylic acids is 1. The fourth-order valence-electron chi connectivity index (χ4n) is 4.96. The van der Waals surface area contributed by atoms with E-state index in [0.717, 1.165) is 66.0 Å². The number of piperidine rings is 1. The first kappa shape index (κ1) is 22.1. The molecule has 0 atom stereocenters. The highest BCUT2D eigenvalue weighted by molar-refractivity contribution is 5.95. The molecule has 1 aliphatic heterocycles. The fourth-order valence-corrected chi connectivity index (χ4v) is 4.96. The standard InChI is InChI=1S/C28H30N4O2/c1-20-27-25(23-8-10-24(34-2)11-9-23)12-15-29-28(27)32(30-20)19-26(33)31-16-13-22(14-17-31)18-21-6-4-3-5-7-21/h3-12,15,22H,13-14,16-19H2,1-2H3. The molecule has 1 saturated heterocycles. The van der Waals surface area contributed by atoms with Gasteiger partial charge in [-0.05, 0) is 67.0 Å². The molecule has 0 unspecified atom stereocenters. The molecular weight excluding hydrogens is 424 g/mol. The van der Waals surface area contributed by atoms with Crippen molar-refractivity contribution in [3.05, 3.63) is 78.1 Å². The van der Waals surface area contributed by atoms with Gasteiger partial charge in [0.15, 0.2) is 5.65 Å². The van der Waals surface area contributed by atoms with Gasteiger partial charge in [0, 0.05) is 24.7 Å². The predicted octanol–water partition coefficient (Wildman–Crippen LogP) is 4.90. The summed E-state index contributed by atoms with van der Waals surface area (Å²) in [6, 6.07) is 20.6. The predicted molar refractivity (Wildman–Crippen MR) is 134 cm³/mol. The average Bonchev–Trinajstić information content (AvgIpc) is 3.20. The molecule has 6 heteroatoms. The van der Waals surface area contributed by atoms with Crippen LogP contribution in [-0.2, 0) is 17.8 Å². The fraction of sp³-hybridized carbons (Fsp3) is 0.321. The lowest BCUT2D eigenvalue weighted by Gasteiger charge is -2.32. The molecule has 0 radical (unpaired) electrons. The monoisotopic (exact) mass is 454 g/mol. The van der Waals surface area contributed by atoms with Crippen LogP contribution in [0.1, 0.15) is 24.1 Å². The van der Waals surface area contributed by atoms with E-state index in [9.17, 15) is 4.79 Å². The van der Waals surface area contributed by atoms with Gasteiger partial charge in [-0.15, -0.1) is 0 Å². The number of likely N-dealkylation sites (tertiary alicyclic amines) is 1. The van der Waals surface area contributed by atoms with Gasteiger partial charge >= 0.3 is 0 Å². The van der Waals surface area contributed by atoms with Crippen LogP contribution >= 0.6 is 0 Å². The van der Waals surface area contributed by atoms with E-state index < -0.39 is 0 Å². The van der Waals surface area contributed by atoms with Crippen LogP contribution in [0.3, 0.4) is 0 Å². The molecule has 0 spiro atoms. The highest BCUT2D eigenvalue weighted by atomic mass is 16.5. The minimum Gasteiger partial charge on any atom is -0.497 e. The summed E-state index contributed by atoms with van der Waals surface area (Å²) in [5.74, 6) is 1.56. The molecule has 4 aromatic rings. The summed E-state index contributed by atoms with van der Waals surface area (Å²) in [7, 11) is 1.66. The Morgan fingerprint density at radius 3 is 2.47 bits per heavy atom. The maximum atomic E-state index is 13.1. The van der Waals surface area contributed by atoms with Crippen LogP contribution in [0.25, 0.3) is 22.2 Å². The molecule has 6 nitrogen and oxygen atoms in total. The van der Waals surface area contributed by atoms with Crippen molar-refractivity contribution in [1.82, 2.24) is 19.7 Å². The van der Waals surface area contributed by atoms with E-state index in [4.69, 9.17) is 9.84 Å². The van der Waals surface area contributed by atoms with Crippen LogP contribution in [0.4, 0.5) is 0 Å². The van der Waals surface area contributed by atoms with Crippen LogP contribution in [0.2, 0.25) is 0 Å². The Morgan fingerprint density at radius 2 is 1.76 bits per heavy atom. The Balaban J connectivity index is 1.29. The highest BCUT2D eigenvalue weighted by Crippen LogP contribution is 2.31. The molecule has 1 aliphatic rings. The van der Waals surface area contributed by atoms with E-state index in [0.29, 0.717) is 5.92 Å². The number of amides is 1. The summed E-state index contributed by atoms with van der Waals surface area (Å²) in [6.07, 6.45) is 4.96. The summed E-state index contributed by atoms with van der Waals surface area (Å²) in [6.45, 7) is 3.80. The topological polar surface area (TPSA) is 60.3 Å². The third-order valence-electron chi connectivity index (χ3n) is 6.83. The first-order chi connectivity index (χ1) is 16.6. The van der Waals surface area contributed by atoms with Crippen LogP contribution in [0.5, 0.6) is 5.75 Å². The Labute approximate surface area is 200 Å². The number of hydrogen-bond acceptors (Lipinski definition) is 4. The van der Waals surface area contributed by atoms with E-state index in [1.54, 1.807) is 18.0 Å². The van der Waals surface area contributed by atoms with Crippen molar-refractivity contribution in [2.45, 2.75) is 32.7 Å². The Morgan fingerprint density at radius 1 is 1.03 bits per heavy atom. The lowest BCUT2D eigenvalue weighted by Crippen LogP contribution is -2.40. The number of aryl methyl sites for hydroxylation is 1. The number of hydrogen-bond donors (Lipinski definition) is 0. The zero-order valence-electron chi connectivity index (χ0n) is 19.8.